The van der Waals surface area contributed by atoms with Crippen molar-refractivity contribution < 1.29 is 57.0 Å². The van der Waals surface area contributed by atoms with Gasteiger partial charge in [-0.05, 0) is 24.3 Å². The van der Waals surface area contributed by atoms with Gasteiger partial charge < -0.3 is 4.32 Å². The van der Waals surface area contributed by atoms with Crippen LogP contribution in [0, 0.1) is 0 Å². The number of halogens is 13. The molecule has 0 aromatic rings. The molecular formula is C12H6BF13. The summed E-state index contributed by atoms with van der Waals surface area (Å²) in [6.07, 6.45) is -11.1. The van der Waals surface area contributed by atoms with E-state index in [1.54, 1.807) is 0 Å². The Hall–Kier alpha value is -1.37. The molecule has 0 aromatic heterocycles. The Labute approximate surface area is 136 Å². The Morgan fingerprint density at radius 1 is 0.577 bits per heavy atom. The molecule has 0 fully saturated rings. The van der Waals surface area contributed by atoms with E-state index >= 15 is 0 Å². The van der Waals surface area contributed by atoms with Crippen LogP contribution < -0.4 is 0 Å². The summed E-state index contributed by atoms with van der Waals surface area (Å²) >= 11 is 0. The maximum Gasteiger partial charge on any atom is 0.447 e. The van der Waals surface area contributed by atoms with Gasteiger partial charge in [-0.1, -0.05) is 0 Å². The molecular weight excluding hydrogens is 402 g/mol. The highest BCUT2D eigenvalue weighted by Crippen LogP contribution is 2.59. The number of hydrogen-bond acceptors (Lipinski definition) is 0. The van der Waals surface area contributed by atoms with Crippen molar-refractivity contribution in [2.24, 2.45) is 0 Å². The predicted molar refractivity (Wildman–Crippen MR) is 62.4 cm³/mol. The van der Waals surface area contributed by atoms with Crippen LogP contribution in [0.4, 0.5) is 57.0 Å². The van der Waals surface area contributed by atoms with Crippen LogP contribution in [0.25, 0.3) is 0 Å². The third-order valence-electron chi connectivity index (χ3n) is 4.25. The van der Waals surface area contributed by atoms with E-state index in [2.05, 4.69) is 0 Å². The van der Waals surface area contributed by atoms with Gasteiger partial charge in [-0.2, -0.15) is 35.1 Å². The molecule has 0 spiro atoms. The molecule has 0 nitrogen and oxygen atoms in total. The van der Waals surface area contributed by atoms with Crippen LogP contribution >= 0.6 is 0 Å². The van der Waals surface area contributed by atoms with E-state index in [1.165, 1.54) is 0 Å². The molecule has 0 heterocycles. The normalized spacial score (nSPS) is 42.5. The van der Waals surface area contributed by atoms with Gasteiger partial charge in [-0.3, -0.25) is 0 Å². The maximum absolute atomic E-state index is 14.3. The Kier molecular flexibility index (Phi) is 4.30. The fourth-order valence-electron chi connectivity index (χ4n) is 2.55. The van der Waals surface area contributed by atoms with Gasteiger partial charge in [0.05, 0.1) is 0 Å². The Morgan fingerprint density at radius 3 is 1.12 bits per heavy atom. The van der Waals surface area contributed by atoms with Crippen molar-refractivity contribution in [2.75, 3.05) is 0 Å². The van der Waals surface area contributed by atoms with E-state index in [0.717, 1.165) is 0 Å². The van der Waals surface area contributed by atoms with Crippen LogP contribution in [0.15, 0.2) is 24.3 Å². The molecule has 26 heavy (non-hydrogen) atoms. The molecule has 0 saturated heterocycles. The summed E-state index contributed by atoms with van der Waals surface area (Å²) in [7, 11) is 0. The fraction of sp³-hybridized carbons (Fsp3) is 0.667. The zero-order valence-electron chi connectivity index (χ0n) is 12.0. The minimum absolute atomic E-state index is 0.686. The van der Waals surface area contributed by atoms with Crippen LogP contribution in [-0.4, -0.2) is 54.2 Å². The average Bonchev–Trinajstić information content (AvgIpc) is 2.52. The first-order valence-corrected chi connectivity index (χ1v) is 6.61. The predicted octanol–water partition coefficient (Wildman–Crippen LogP) is 4.80. The van der Waals surface area contributed by atoms with E-state index in [0.29, 0.717) is 0 Å². The second-order valence-electron chi connectivity index (χ2n) is 5.82. The average molecular weight is 408 g/mol. The Bertz CT molecular complexity index is 589. The van der Waals surface area contributed by atoms with E-state index < -0.39 is 78.5 Å². The molecule has 2 aliphatic carbocycles. The van der Waals surface area contributed by atoms with Gasteiger partial charge in [-0.25, -0.2) is 17.6 Å². The van der Waals surface area contributed by atoms with Gasteiger partial charge in [-0.15, -0.1) is 0 Å². The van der Waals surface area contributed by atoms with Crippen LogP contribution in [0.5, 0.6) is 0 Å². The van der Waals surface area contributed by atoms with E-state index in [9.17, 15) is 57.0 Å². The molecule has 0 aliphatic heterocycles. The van der Waals surface area contributed by atoms with Gasteiger partial charge in [0.25, 0.3) is 0 Å². The topological polar surface area (TPSA) is 0 Å². The second-order valence-corrected chi connectivity index (χ2v) is 5.82. The van der Waals surface area contributed by atoms with Crippen molar-refractivity contribution in [3.05, 3.63) is 24.3 Å². The number of hydrogen-bond donors (Lipinski definition) is 0. The van der Waals surface area contributed by atoms with Crippen molar-refractivity contribution in [3.63, 3.8) is 0 Å². The molecule has 0 radical (unpaired) electrons. The quantitative estimate of drug-likeness (QED) is 0.350. The van der Waals surface area contributed by atoms with Crippen LogP contribution in [0.2, 0.25) is 0 Å². The summed E-state index contributed by atoms with van der Waals surface area (Å²) in [5.74, 6) is -24.9. The third-order valence-corrected chi connectivity index (χ3v) is 4.25. The number of rotatable bonds is 2. The monoisotopic (exact) mass is 408 g/mol. The van der Waals surface area contributed by atoms with E-state index in [1.807, 2.05) is 0 Å². The van der Waals surface area contributed by atoms with Crippen molar-refractivity contribution in [1.29, 1.82) is 0 Å². The zero-order valence-corrected chi connectivity index (χ0v) is 12.0. The first kappa shape index (κ1) is 20.9. The lowest BCUT2D eigenvalue weighted by atomic mass is 9.40. The molecule has 14 heteroatoms. The van der Waals surface area contributed by atoms with E-state index in [4.69, 9.17) is 0 Å². The molecule has 4 atom stereocenters. The lowest BCUT2D eigenvalue weighted by Crippen LogP contribution is -2.75. The van der Waals surface area contributed by atoms with Crippen LogP contribution in [0.1, 0.15) is 0 Å². The summed E-state index contributed by atoms with van der Waals surface area (Å²) in [6, 6.07) is 0. The van der Waals surface area contributed by atoms with Gasteiger partial charge in [0, 0.05) is 0 Å². The largest absolute Gasteiger partial charge is 0.447 e. The standard InChI is InChI=1S/C12H6BF13/c14-5-1-3-7(16,11(22,23)9(5,18)19)13(26)8(17)4-2-6(15)10(20,21)12(8,24)25/h1-6H. The fourth-order valence-corrected chi connectivity index (χ4v) is 2.55. The van der Waals surface area contributed by atoms with Crippen molar-refractivity contribution in [2.45, 2.75) is 47.2 Å². The third kappa shape index (κ3) is 2.12. The smallest absolute Gasteiger partial charge is 0.327 e. The molecule has 2 aliphatic rings. The summed E-state index contributed by atoms with van der Waals surface area (Å²) in [6.45, 7) is -5.08. The van der Waals surface area contributed by atoms with Crippen molar-refractivity contribution in [1.82, 2.24) is 0 Å². The first-order chi connectivity index (χ1) is 11.4. The molecule has 4 unspecified atom stereocenters. The molecule has 0 bridgehead atoms. The van der Waals surface area contributed by atoms with Gasteiger partial charge >= 0.3 is 30.7 Å². The maximum atomic E-state index is 14.3. The first-order valence-electron chi connectivity index (χ1n) is 6.61. The second kappa shape index (κ2) is 5.34. The molecule has 0 N–H and O–H groups in total. The lowest BCUT2D eigenvalue weighted by molar-refractivity contribution is -0.279. The van der Waals surface area contributed by atoms with Gasteiger partial charge in [0.1, 0.15) is 0 Å². The number of alkyl halides is 12. The molecule has 0 amide bonds. The molecule has 148 valence electrons. The minimum Gasteiger partial charge on any atom is -0.327 e. The summed E-state index contributed by atoms with van der Waals surface area (Å²) in [5.41, 5.74) is -11.3. The Morgan fingerprint density at radius 2 is 0.846 bits per heavy atom. The Balaban J connectivity index is 2.66. The molecule has 2 rings (SSSR count). The van der Waals surface area contributed by atoms with Crippen molar-refractivity contribution >= 4 is 6.99 Å². The SMILES string of the molecule is FB(C1(F)C=CC(F)C(F)(F)C1(F)F)C1(F)C=CC(F)C(F)(F)C1(F)F. The molecule has 0 aromatic carbocycles. The summed E-state index contributed by atoms with van der Waals surface area (Å²) in [4.78, 5) is 0. The van der Waals surface area contributed by atoms with Crippen LogP contribution in [-0.2, 0) is 0 Å². The van der Waals surface area contributed by atoms with Gasteiger partial charge in [0.2, 0.25) is 11.1 Å². The highest BCUT2D eigenvalue weighted by Gasteiger charge is 2.86. The summed E-state index contributed by atoms with van der Waals surface area (Å²) < 4.78 is 176. The van der Waals surface area contributed by atoms with Crippen molar-refractivity contribution in [3.8, 4) is 0 Å². The molecule has 0 saturated carbocycles. The van der Waals surface area contributed by atoms with Crippen LogP contribution in [0.3, 0.4) is 0 Å². The zero-order chi connectivity index (χ0) is 20.6. The highest BCUT2D eigenvalue weighted by atomic mass is 19.3. The van der Waals surface area contributed by atoms with E-state index in [-0.39, 0.29) is 0 Å². The highest BCUT2D eigenvalue weighted by molar-refractivity contribution is 6.60. The summed E-state index contributed by atoms with van der Waals surface area (Å²) in [5, 5.41) is 0. The number of allylic oxidation sites excluding steroid dienone is 4. The lowest BCUT2D eigenvalue weighted by Gasteiger charge is -2.46. The van der Waals surface area contributed by atoms with Gasteiger partial charge in [0.15, 0.2) is 12.3 Å². The minimum atomic E-state index is -6.45.